The van der Waals surface area contributed by atoms with Crippen molar-refractivity contribution in [1.82, 2.24) is 4.98 Å². The highest BCUT2D eigenvalue weighted by molar-refractivity contribution is 6.17. The Bertz CT molecular complexity index is 412. The molecule has 1 aromatic heterocycles. The van der Waals surface area contributed by atoms with E-state index in [4.69, 9.17) is 11.6 Å². The Balaban J connectivity index is 2.51. The zero-order chi connectivity index (χ0) is 9.80. The molecule has 2 rings (SSSR count). The highest BCUT2D eigenvalue weighted by Gasteiger charge is 2.03. The third-order valence-corrected chi connectivity index (χ3v) is 2.35. The third-order valence-electron chi connectivity index (χ3n) is 2.10. The Morgan fingerprint density at radius 1 is 1.00 bits per heavy atom. The predicted octanol–water partition coefficient (Wildman–Crippen LogP) is 3.49. The van der Waals surface area contributed by atoms with E-state index in [0.29, 0.717) is 5.88 Å². The summed E-state index contributed by atoms with van der Waals surface area (Å²) < 4.78 is 0. The molecule has 0 spiro atoms. The minimum absolute atomic E-state index is 0.449. The van der Waals surface area contributed by atoms with Crippen LogP contribution in [0, 0.1) is 0 Å². The van der Waals surface area contributed by atoms with E-state index in [1.165, 1.54) is 0 Å². The molecule has 0 bridgehead atoms. The second kappa shape index (κ2) is 4.25. The summed E-state index contributed by atoms with van der Waals surface area (Å²) in [7, 11) is 0. The molecule has 0 radical (unpaired) electrons. The number of nitrogens with zero attached hydrogens (tertiary/aromatic N) is 1. The number of aromatic nitrogens is 1. The van der Waals surface area contributed by atoms with Gasteiger partial charge < -0.3 is 0 Å². The lowest BCUT2D eigenvalue weighted by molar-refractivity contribution is 1.17. The van der Waals surface area contributed by atoms with Gasteiger partial charge in [0.2, 0.25) is 0 Å². The van der Waals surface area contributed by atoms with Gasteiger partial charge in [-0.15, -0.1) is 11.6 Å². The summed E-state index contributed by atoms with van der Waals surface area (Å²) in [5, 5.41) is 0. The van der Waals surface area contributed by atoms with Crippen LogP contribution in [0.5, 0.6) is 0 Å². The maximum Gasteiger partial charge on any atom is 0.0653 e. The molecule has 0 fully saturated rings. The predicted molar refractivity (Wildman–Crippen MR) is 59.2 cm³/mol. The molecule has 0 saturated carbocycles. The molecule has 0 amide bonds. The number of hydrogen-bond donors (Lipinski definition) is 0. The maximum atomic E-state index is 5.82. The van der Waals surface area contributed by atoms with Gasteiger partial charge in [-0.3, -0.25) is 4.98 Å². The average Bonchev–Trinajstić information content (AvgIpc) is 2.30. The van der Waals surface area contributed by atoms with Crippen molar-refractivity contribution in [2.75, 3.05) is 0 Å². The zero-order valence-electron chi connectivity index (χ0n) is 7.65. The van der Waals surface area contributed by atoms with Gasteiger partial charge in [-0.05, 0) is 11.6 Å². The fourth-order valence-electron chi connectivity index (χ4n) is 1.43. The molecule has 70 valence electrons. The van der Waals surface area contributed by atoms with Crippen LogP contribution in [-0.2, 0) is 5.88 Å². The van der Waals surface area contributed by atoms with Gasteiger partial charge in [-0.2, -0.15) is 0 Å². The first-order chi connectivity index (χ1) is 6.92. The van der Waals surface area contributed by atoms with Crippen LogP contribution in [0.4, 0.5) is 0 Å². The molecule has 0 unspecified atom stereocenters. The van der Waals surface area contributed by atoms with Gasteiger partial charge in [0.1, 0.15) is 0 Å². The molecule has 1 nitrogen and oxygen atoms in total. The van der Waals surface area contributed by atoms with Gasteiger partial charge in [0, 0.05) is 11.8 Å². The molecule has 0 aliphatic rings. The number of benzene rings is 1. The summed E-state index contributed by atoms with van der Waals surface area (Å²) in [5.74, 6) is 0.449. The molecule has 0 saturated heterocycles. The molecule has 2 heteroatoms. The van der Waals surface area contributed by atoms with Crippen molar-refractivity contribution >= 4 is 11.6 Å². The summed E-state index contributed by atoms with van der Waals surface area (Å²) in [6.45, 7) is 0. The quantitative estimate of drug-likeness (QED) is 0.681. The van der Waals surface area contributed by atoms with Crippen LogP contribution >= 0.6 is 11.6 Å². The Kier molecular flexibility index (Phi) is 2.80. The van der Waals surface area contributed by atoms with Crippen LogP contribution in [0.1, 0.15) is 5.69 Å². The highest BCUT2D eigenvalue weighted by atomic mass is 35.5. The average molecular weight is 204 g/mol. The van der Waals surface area contributed by atoms with E-state index in [9.17, 15) is 0 Å². The number of halogens is 1. The first-order valence-corrected chi connectivity index (χ1v) is 5.00. The Morgan fingerprint density at radius 3 is 2.50 bits per heavy atom. The van der Waals surface area contributed by atoms with Crippen LogP contribution in [0.15, 0.2) is 48.7 Å². The van der Waals surface area contributed by atoms with Gasteiger partial charge >= 0.3 is 0 Å². The molecule has 0 N–H and O–H groups in total. The van der Waals surface area contributed by atoms with E-state index >= 15 is 0 Å². The molecule has 2 aromatic rings. The van der Waals surface area contributed by atoms with Crippen molar-refractivity contribution in [3.63, 3.8) is 0 Å². The number of hydrogen-bond acceptors (Lipinski definition) is 1. The molecule has 0 aliphatic heterocycles. The van der Waals surface area contributed by atoms with Crippen LogP contribution < -0.4 is 0 Å². The van der Waals surface area contributed by atoms with Crippen molar-refractivity contribution in [1.29, 1.82) is 0 Å². The maximum absolute atomic E-state index is 5.82. The smallest absolute Gasteiger partial charge is 0.0653 e. The molecular formula is C12H10ClN. The number of alkyl halides is 1. The van der Waals surface area contributed by atoms with Gasteiger partial charge in [0.05, 0.1) is 11.6 Å². The Morgan fingerprint density at radius 2 is 1.79 bits per heavy atom. The van der Waals surface area contributed by atoms with Crippen molar-refractivity contribution in [2.24, 2.45) is 0 Å². The molecule has 14 heavy (non-hydrogen) atoms. The lowest BCUT2D eigenvalue weighted by Crippen LogP contribution is -1.89. The SMILES string of the molecule is ClCc1ncccc1-c1ccccc1. The van der Waals surface area contributed by atoms with E-state index in [-0.39, 0.29) is 0 Å². The monoisotopic (exact) mass is 203 g/mol. The fraction of sp³-hybridized carbons (Fsp3) is 0.0833. The molecule has 1 heterocycles. The minimum Gasteiger partial charge on any atom is -0.259 e. The standard InChI is InChI=1S/C12H10ClN/c13-9-12-11(7-4-8-14-12)10-5-2-1-3-6-10/h1-8H,9H2. The topological polar surface area (TPSA) is 12.9 Å². The zero-order valence-corrected chi connectivity index (χ0v) is 8.41. The van der Waals surface area contributed by atoms with Crippen molar-refractivity contribution in [3.8, 4) is 11.1 Å². The van der Waals surface area contributed by atoms with Crippen molar-refractivity contribution in [2.45, 2.75) is 5.88 Å². The first kappa shape index (κ1) is 9.22. The van der Waals surface area contributed by atoms with Gasteiger partial charge in [-0.1, -0.05) is 36.4 Å². The molecular weight excluding hydrogens is 194 g/mol. The van der Waals surface area contributed by atoms with Crippen molar-refractivity contribution < 1.29 is 0 Å². The normalized spacial score (nSPS) is 10.1. The largest absolute Gasteiger partial charge is 0.259 e. The summed E-state index contributed by atoms with van der Waals surface area (Å²) >= 11 is 5.82. The summed E-state index contributed by atoms with van der Waals surface area (Å²) in [6, 6.07) is 14.1. The number of rotatable bonds is 2. The lowest BCUT2D eigenvalue weighted by Gasteiger charge is -2.04. The highest BCUT2D eigenvalue weighted by Crippen LogP contribution is 2.22. The molecule has 1 aromatic carbocycles. The minimum atomic E-state index is 0.449. The van der Waals surface area contributed by atoms with Crippen LogP contribution in [0.3, 0.4) is 0 Å². The fourth-order valence-corrected chi connectivity index (χ4v) is 1.64. The Labute approximate surface area is 88.4 Å². The molecule has 0 aliphatic carbocycles. The summed E-state index contributed by atoms with van der Waals surface area (Å²) in [6.07, 6.45) is 1.77. The van der Waals surface area contributed by atoms with E-state index in [1.54, 1.807) is 6.20 Å². The molecule has 0 atom stereocenters. The second-order valence-electron chi connectivity index (χ2n) is 3.00. The van der Waals surface area contributed by atoms with Crippen LogP contribution in [0.2, 0.25) is 0 Å². The number of pyridine rings is 1. The van der Waals surface area contributed by atoms with Gasteiger partial charge in [-0.25, -0.2) is 0 Å². The Hall–Kier alpha value is -1.34. The van der Waals surface area contributed by atoms with Gasteiger partial charge in [0.25, 0.3) is 0 Å². The van der Waals surface area contributed by atoms with E-state index in [1.807, 2.05) is 30.3 Å². The van der Waals surface area contributed by atoms with E-state index in [2.05, 4.69) is 17.1 Å². The van der Waals surface area contributed by atoms with E-state index in [0.717, 1.165) is 16.8 Å². The summed E-state index contributed by atoms with van der Waals surface area (Å²) in [4.78, 5) is 4.24. The summed E-state index contributed by atoms with van der Waals surface area (Å²) in [5.41, 5.74) is 3.21. The van der Waals surface area contributed by atoms with Crippen LogP contribution in [0.25, 0.3) is 11.1 Å². The lowest BCUT2D eigenvalue weighted by atomic mass is 10.1. The van der Waals surface area contributed by atoms with Gasteiger partial charge in [0.15, 0.2) is 0 Å². The second-order valence-corrected chi connectivity index (χ2v) is 3.26. The van der Waals surface area contributed by atoms with E-state index < -0.39 is 0 Å². The van der Waals surface area contributed by atoms with Crippen molar-refractivity contribution in [3.05, 3.63) is 54.4 Å². The first-order valence-electron chi connectivity index (χ1n) is 4.47. The van der Waals surface area contributed by atoms with Crippen LogP contribution in [-0.4, -0.2) is 4.98 Å². The third kappa shape index (κ3) is 1.78.